The maximum absolute atomic E-state index is 12.0. The maximum Gasteiger partial charge on any atom is 0.320 e. The van der Waals surface area contributed by atoms with Crippen molar-refractivity contribution in [3.63, 3.8) is 0 Å². The fourth-order valence-corrected chi connectivity index (χ4v) is 2.34. The van der Waals surface area contributed by atoms with Gasteiger partial charge in [0, 0.05) is 30.7 Å². The molecule has 1 aliphatic heterocycles. The molecular formula is C12H12Cl2N2O2. The predicted molar refractivity (Wildman–Crippen MR) is 70.4 cm³/mol. The molecule has 0 N–H and O–H groups in total. The summed E-state index contributed by atoms with van der Waals surface area (Å²) in [5.41, 5.74) is 0.392. The van der Waals surface area contributed by atoms with E-state index in [1.807, 2.05) is 0 Å². The van der Waals surface area contributed by atoms with Crippen molar-refractivity contribution in [3.05, 3.63) is 33.8 Å². The Hall–Kier alpha value is -1.26. The lowest BCUT2D eigenvalue weighted by molar-refractivity contribution is 0.0952. The Morgan fingerprint density at radius 3 is 2.61 bits per heavy atom. The fraction of sp³-hybridized carbons (Fsp3) is 0.333. The van der Waals surface area contributed by atoms with Crippen LogP contribution in [0.2, 0.25) is 10.0 Å². The molecule has 18 heavy (non-hydrogen) atoms. The van der Waals surface area contributed by atoms with Crippen molar-refractivity contribution >= 4 is 35.0 Å². The van der Waals surface area contributed by atoms with Crippen LogP contribution in [0.15, 0.2) is 18.2 Å². The third-order valence-corrected chi connectivity index (χ3v) is 3.42. The van der Waals surface area contributed by atoms with Crippen molar-refractivity contribution in [1.82, 2.24) is 9.80 Å². The first-order chi connectivity index (χ1) is 8.49. The van der Waals surface area contributed by atoms with Gasteiger partial charge >= 0.3 is 6.03 Å². The van der Waals surface area contributed by atoms with Gasteiger partial charge in [-0.05, 0) is 18.2 Å². The summed E-state index contributed by atoms with van der Waals surface area (Å²) in [7, 11) is 1.71. The van der Waals surface area contributed by atoms with Crippen LogP contribution < -0.4 is 0 Å². The number of urea groups is 1. The van der Waals surface area contributed by atoms with E-state index in [2.05, 4.69) is 0 Å². The third-order valence-electron chi connectivity index (χ3n) is 2.87. The van der Waals surface area contributed by atoms with Gasteiger partial charge in [-0.2, -0.15) is 0 Å². The second-order valence-corrected chi connectivity index (χ2v) is 5.02. The number of ketones is 1. The van der Waals surface area contributed by atoms with Crippen molar-refractivity contribution in [2.45, 2.75) is 0 Å². The SMILES string of the molecule is CN1CCN(CC(=O)c2ccc(Cl)cc2Cl)C1=O. The minimum atomic E-state index is -0.180. The van der Waals surface area contributed by atoms with E-state index in [0.29, 0.717) is 28.7 Å². The van der Waals surface area contributed by atoms with Crippen LogP contribution in [-0.4, -0.2) is 48.3 Å². The van der Waals surface area contributed by atoms with Gasteiger partial charge in [-0.1, -0.05) is 23.2 Å². The quantitative estimate of drug-likeness (QED) is 0.802. The van der Waals surface area contributed by atoms with Crippen LogP contribution >= 0.6 is 23.2 Å². The van der Waals surface area contributed by atoms with E-state index < -0.39 is 0 Å². The van der Waals surface area contributed by atoms with Gasteiger partial charge < -0.3 is 9.80 Å². The molecule has 1 heterocycles. The van der Waals surface area contributed by atoms with Crippen molar-refractivity contribution in [1.29, 1.82) is 0 Å². The highest BCUT2D eigenvalue weighted by atomic mass is 35.5. The van der Waals surface area contributed by atoms with Crippen LogP contribution in [0.3, 0.4) is 0 Å². The number of hydrogen-bond acceptors (Lipinski definition) is 2. The van der Waals surface area contributed by atoms with Crippen LogP contribution in [0.4, 0.5) is 4.79 Å². The number of rotatable bonds is 3. The van der Waals surface area contributed by atoms with E-state index in [1.54, 1.807) is 24.1 Å². The van der Waals surface area contributed by atoms with Gasteiger partial charge in [0.25, 0.3) is 0 Å². The molecule has 1 aromatic rings. The average molecular weight is 287 g/mol. The Balaban J connectivity index is 2.11. The molecule has 0 radical (unpaired) electrons. The minimum absolute atomic E-state index is 0.0462. The molecule has 6 heteroatoms. The first kappa shape index (κ1) is 13.2. The lowest BCUT2D eigenvalue weighted by Crippen LogP contribution is -2.33. The minimum Gasteiger partial charge on any atom is -0.326 e. The van der Waals surface area contributed by atoms with Crippen LogP contribution in [0.1, 0.15) is 10.4 Å². The number of Topliss-reactive ketones (excluding diaryl/α,β-unsaturated/α-hetero) is 1. The van der Waals surface area contributed by atoms with Crippen LogP contribution in [0.25, 0.3) is 0 Å². The summed E-state index contributed by atoms with van der Waals surface area (Å²) in [5, 5.41) is 0.793. The normalized spacial score (nSPS) is 15.4. The van der Waals surface area contributed by atoms with Crippen molar-refractivity contribution in [2.75, 3.05) is 26.7 Å². The van der Waals surface area contributed by atoms with Crippen molar-refractivity contribution in [3.8, 4) is 0 Å². The molecule has 0 unspecified atom stereocenters. The second-order valence-electron chi connectivity index (χ2n) is 4.17. The number of carbonyl (C=O) groups is 2. The van der Waals surface area contributed by atoms with Crippen LogP contribution in [0, 0.1) is 0 Å². The summed E-state index contributed by atoms with van der Waals surface area (Å²) in [6.45, 7) is 1.25. The van der Waals surface area contributed by atoms with Gasteiger partial charge in [0.15, 0.2) is 5.78 Å². The van der Waals surface area contributed by atoms with E-state index in [9.17, 15) is 9.59 Å². The molecule has 4 nitrogen and oxygen atoms in total. The molecule has 1 aliphatic rings. The molecule has 0 aromatic heterocycles. The standard InChI is InChI=1S/C12H12Cl2N2O2/c1-15-4-5-16(12(15)18)7-11(17)9-3-2-8(13)6-10(9)14/h2-3,6H,4-5,7H2,1H3. The predicted octanol–water partition coefficient (Wildman–Crippen LogP) is 2.54. The molecule has 1 fully saturated rings. The maximum atomic E-state index is 12.0. The zero-order valence-electron chi connectivity index (χ0n) is 9.82. The van der Waals surface area contributed by atoms with E-state index >= 15 is 0 Å². The lowest BCUT2D eigenvalue weighted by Gasteiger charge is -2.15. The van der Waals surface area contributed by atoms with Crippen LogP contribution in [0.5, 0.6) is 0 Å². The molecule has 2 rings (SSSR count). The molecule has 1 saturated heterocycles. The number of amides is 2. The number of carbonyl (C=O) groups excluding carboxylic acids is 2. The highest BCUT2D eigenvalue weighted by Crippen LogP contribution is 2.22. The largest absolute Gasteiger partial charge is 0.326 e. The Labute approximate surface area is 115 Å². The van der Waals surface area contributed by atoms with Gasteiger partial charge in [0.1, 0.15) is 0 Å². The molecular weight excluding hydrogens is 275 g/mol. The molecule has 0 aliphatic carbocycles. The molecule has 1 aromatic carbocycles. The fourth-order valence-electron chi connectivity index (χ4n) is 1.82. The van der Waals surface area contributed by atoms with Gasteiger partial charge in [-0.15, -0.1) is 0 Å². The second kappa shape index (κ2) is 5.16. The van der Waals surface area contributed by atoms with Crippen molar-refractivity contribution in [2.24, 2.45) is 0 Å². The third kappa shape index (κ3) is 2.60. The zero-order chi connectivity index (χ0) is 13.3. The van der Waals surface area contributed by atoms with E-state index in [1.165, 1.54) is 11.0 Å². The number of hydrogen-bond donors (Lipinski definition) is 0. The Morgan fingerprint density at radius 2 is 2.06 bits per heavy atom. The molecule has 2 amide bonds. The van der Waals surface area contributed by atoms with Crippen molar-refractivity contribution < 1.29 is 9.59 Å². The summed E-state index contributed by atoms with van der Waals surface area (Å²) in [4.78, 5) is 26.8. The molecule has 0 atom stereocenters. The Bertz CT molecular complexity index is 505. The highest BCUT2D eigenvalue weighted by molar-refractivity contribution is 6.36. The Kier molecular flexibility index (Phi) is 3.78. The van der Waals surface area contributed by atoms with Gasteiger partial charge in [0.05, 0.1) is 11.6 Å². The van der Waals surface area contributed by atoms with E-state index in [-0.39, 0.29) is 18.4 Å². The topological polar surface area (TPSA) is 40.6 Å². The Morgan fingerprint density at radius 1 is 1.33 bits per heavy atom. The average Bonchev–Trinajstić information content (AvgIpc) is 2.61. The highest BCUT2D eigenvalue weighted by Gasteiger charge is 2.27. The molecule has 0 spiro atoms. The first-order valence-corrected chi connectivity index (χ1v) is 6.23. The number of benzene rings is 1. The van der Waals surface area contributed by atoms with Gasteiger partial charge in [-0.3, -0.25) is 4.79 Å². The number of nitrogens with zero attached hydrogens (tertiary/aromatic N) is 2. The summed E-state index contributed by atoms with van der Waals surface area (Å²) < 4.78 is 0. The van der Waals surface area contributed by atoms with Gasteiger partial charge in [-0.25, -0.2) is 4.79 Å². The zero-order valence-corrected chi connectivity index (χ0v) is 11.3. The number of likely N-dealkylation sites (N-methyl/N-ethyl adjacent to an activating group) is 1. The number of halogens is 2. The first-order valence-electron chi connectivity index (χ1n) is 5.47. The van der Waals surface area contributed by atoms with E-state index in [4.69, 9.17) is 23.2 Å². The smallest absolute Gasteiger partial charge is 0.320 e. The summed E-state index contributed by atoms with van der Waals surface area (Å²) in [6.07, 6.45) is 0. The molecule has 0 saturated carbocycles. The van der Waals surface area contributed by atoms with E-state index in [0.717, 1.165) is 0 Å². The summed E-state index contributed by atoms with van der Waals surface area (Å²) >= 11 is 11.7. The van der Waals surface area contributed by atoms with Gasteiger partial charge in [0.2, 0.25) is 0 Å². The molecule has 0 bridgehead atoms. The monoisotopic (exact) mass is 286 g/mol. The van der Waals surface area contributed by atoms with Crippen LogP contribution in [-0.2, 0) is 0 Å². The lowest BCUT2D eigenvalue weighted by atomic mass is 10.1. The molecule has 96 valence electrons. The summed E-state index contributed by atoms with van der Waals surface area (Å²) in [5.74, 6) is -0.180. The summed E-state index contributed by atoms with van der Waals surface area (Å²) in [6, 6.07) is 4.58.